The van der Waals surface area contributed by atoms with E-state index in [-0.39, 0.29) is 5.91 Å². The van der Waals surface area contributed by atoms with Gasteiger partial charge in [0.05, 0.1) is 12.4 Å². The summed E-state index contributed by atoms with van der Waals surface area (Å²) in [5.74, 6) is 2.16. The predicted octanol–water partition coefficient (Wildman–Crippen LogP) is 3.38. The van der Waals surface area contributed by atoms with E-state index in [0.29, 0.717) is 30.7 Å². The van der Waals surface area contributed by atoms with Crippen molar-refractivity contribution in [3.8, 4) is 5.75 Å². The summed E-state index contributed by atoms with van der Waals surface area (Å²) in [5, 5.41) is 0. The fraction of sp³-hybridized carbons (Fsp3) is 0.381. The molecule has 3 rings (SSSR count). The molecule has 138 valence electrons. The molecule has 2 atom stereocenters. The summed E-state index contributed by atoms with van der Waals surface area (Å²) in [6, 6.07) is 18.3. The largest absolute Gasteiger partial charge is 0.494 e. The van der Waals surface area contributed by atoms with E-state index >= 15 is 0 Å². The predicted molar refractivity (Wildman–Crippen MR) is 107 cm³/mol. The van der Waals surface area contributed by atoms with Crippen molar-refractivity contribution in [3.05, 3.63) is 60.2 Å². The van der Waals surface area contributed by atoms with E-state index in [1.807, 2.05) is 42.2 Å². The smallest absolute Gasteiger partial charge is 0.232 e. The highest BCUT2D eigenvalue weighted by atomic mass is 32.2. The van der Waals surface area contributed by atoms with Gasteiger partial charge in [0.2, 0.25) is 5.91 Å². The van der Waals surface area contributed by atoms with Crippen LogP contribution in [0.25, 0.3) is 0 Å². The SMILES string of the molecule is CCOc1ccc(SCC(=O)N2C[C@@H](CN)[C@H](c3ccccc3)C2)cc1. The Morgan fingerprint density at radius 3 is 2.54 bits per heavy atom. The summed E-state index contributed by atoms with van der Waals surface area (Å²) in [5.41, 5.74) is 7.25. The van der Waals surface area contributed by atoms with Gasteiger partial charge in [-0.25, -0.2) is 0 Å². The van der Waals surface area contributed by atoms with Crippen LogP contribution in [0.5, 0.6) is 5.75 Å². The van der Waals surface area contributed by atoms with Crippen molar-refractivity contribution >= 4 is 17.7 Å². The maximum Gasteiger partial charge on any atom is 0.232 e. The van der Waals surface area contributed by atoms with Gasteiger partial charge in [0.25, 0.3) is 0 Å². The first-order chi connectivity index (χ1) is 12.7. The molecule has 1 aliphatic rings. The first-order valence-electron chi connectivity index (χ1n) is 9.09. The second-order valence-corrected chi connectivity index (χ2v) is 7.55. The lowest BCUT2D eigenvalue weighted by Crippen LogP contribution is -2.31. The zero-order chi connectivity index (χ0) is 18.4. The number of hydrogen-bond acceptors (Lipinski definition) is 4. The minimum absolute atomic E-state index is 0.181. The van der Waals surface area contributed by atoms with Crippen LogP contribution in [0.3, 0.4) is 0 Å². The molecule has 1 fully saturated rings. The van der Waals surface area contributed by atoms with Crippen molar-refractivity contribution in [2.75, 3.05) is 32.0 Å². The van der Waals surface area contributed by atoms with Gasteiger partial charge in [-0.1, -0.05) is 30.3 Å². The molecular weight excluding hydrogens is 344 g/mol. The molecule has 1 aliphatic heterocycles. The number of likely N-dealkylation sites (tertiary alicyclic amines) is 1. The molecule has 4 nitrogen and oxygen atoms in total. The van der Waals surface area contributed by atoms with Crippen molar-refractivity contribution < 1.29 is 9.53 Å². The van der Waals surface area contributed by atoms with Crippen molar-refractivity contribution in [1.29, 1.82) is 0 Å². The molecule has 1 amide bonds. The lowest BCUT2D eigenvalue weighted by molar-refractivity contribution is -0.127. The minimum atomic E-state index is 0.181. The third-order valence-electron chi connectivity index (χ3n) is 4.82. The molecule has 0 aromatic heterocycles. The number of nitrogens with two attached hydrogens (primary N) is 1. The van der Waals surface area contributed by atoms with Crippen molar-refractivity contribution in [2.45, 2.75) is 17.7 Å². The number of amides is 1. The zero-order valence-electron chi connectivity index (χ0n) is 15.1. The summed E-state index contributed by atoms with van der Waals surface area (Å²) in [4.78, 5) is 15.7. The highest BCUT2D eigenvalue weighted by Gasteiger charge is 2.34. The zero-order valence-corrected chi connectivity index (χ0v) is 16.0. The lowest BCUT2D eigenvalue weighted by atomic mass is 9.89. The minimum Gasteiger partial charge on any atom is -0.494 e. The maximum absolute atomic E-state index is 12.7. The Hall–Kier alpha value is -1.98. The number of benzene rings is 2. The van der Waals surface area contributed by atoms with Crippen LogP contribution < -0.4 is 10.5 Å². The maximum atomic E-state index is 12.7. The number of carbonyl (C=O) groups excluding carboxylic acids is 1. The third-order valence-corrected chi connectivity index (χ3v) is 5.82. The van der Waals surface area contributed by atoms with Crippen LogP contribution in [0, 0.1) is 5.92 Å². The summed E-state index contributed by atoms with van der Waals surface area (Å²) >= 11 is 1.57. The first-order valence-corrected chi connectivity index (χ1v) is 10.1. The topological polar surface area (TPSA) is 55.6 Å². The van der Waals surface area contributed by atoms with E-state index in [2.05, 4.69) is 24.3 Å². The molecule has 2 aromatic carbocycles. The molecule has 1 saturated heterocycles. The standard InChI is InChI=1S/C21H26N2O2S/c1-2-25-18-8-10-19(11-9-18)26-15-21(24)23-13-17(12-22)20(14-23)16-6-4-3-5-7-16/h3-11,17,20H,2,12-15,22H2,1H3/t17-,20+/m1/s1. The van der Waals surface area contributed by atoms with Gasteiger partial charge in [-0.15, -0.1) is 11.8 Å². The summed E-state index contributed by atoms with van der Waals surface area (Å²) in [6.07, 6.45) is 0. The van der Waals surface area contributed by atoms with Gasteiger partial charge in [-0.3, -0.25) is 4.79 Å². The average Bonchev–Trinajstić information content (AvgIpc) is 3.13. The van der Waals surface area contributed by atoms with Gasteiger partial charge >= 0.3 is 0 Å². The van der Waals surface area contributed by atoms with Crippen molar-refractivity contribution in [3.63, 3.8) is 0 Å². The number of rotatable bonds is 7. The van der Waals surface area contributed by atoms with Gasteiger partial charge < -0.3 is 15.4 Å². The normalized spacial score (nSPS) is 19.5. The second-order valence-electron chi connectivity index (χ2n) is 6.50. The number of carbonyl (C=O) groups is 1. The molecule has 5 heteroatoms. The van der Waals surface area contributed by atoms with Gasteiger partial charge in [0, 0.05) is 23.9 Å². The Bertz CT molecular complexity index is 706. The lowest BCUT2D eigenvalue weighted by Gasteiger charge is -2.16. The Balaban J connectivity index is 1.56. The average molecular weight is 371 g/mol. The molecule has 1 heterocycles. The molecule has 0 unspecified atom stereocenters. The highest BCUT2D eigenvalue weighted by Crippen LogP contribution is 2.32. The number of ether oxygens (including phenoxy) is 1. The van der Waals surface area contributed by atoms with E-state index in [1.54, 1.807) is 11.8 Å². The Kier molecular flexibility index (Phi) is 6.58. The summed E-state index contributed by atoms with van der Waals surface area (Å²) in [6.45, 7) is 4.74. The monoisotopic (exact) mass is 370 g/mol. The fourth-order valence-corrected chi connectivity index (χ4v) is 4.23. The van der Waals surface area contributed by atoms with E-state index in [4.69, 9.17) is 10.5 Å². The van der Waals surface area contributed by atoms with E-state index in [0.717, 1.165) is 23.7 Å². The van der Waals surface area contributed by atoms with Crippen molar-refractivity contribution in [2.24, 2.45) is 11.7 Å². The van der Waals surface area contributed by atoms with Crippen LogP contribution in [0.2, 0.25) is 0 Å². The van der Waals surface area contributed by atoms with E-state index in [9.17, 15) is 4.79 Å². The third kappa shape index (κ3) is 4.59. The Labute approximate surface area is 159 Å². The number of nitrogens with zero attached hydrogens (tertiary/aromatic N) is 1. The van der Waals surface area contributed by atoms with Crippen LogP contribution in [0.4, 0.5) is 0 Å². The van der Waals surface area contributed by atoms with Gasteiger partial charge in [0.15, 0.2) is 0 Å². The second kappa shape index (κ2) is 9.10. The first kappa shape index (κ1) is 18.8. The molecule has 26 heavy (non-hydrogen) atoms. The number of thioether (sulfide) groups is 1. The molecule has 0 radical (unpaired) electrons. The van der Waals surface area contributed by atoms with Crippen LogP contribution in [0.1, 0.15) is 18.4 Å². The van der Waals surface area contributed by atoms with E-state index in [1.165, 1.54) is 5.56 Å². The Morgan fingerprint density at radius 2 is 1.88 bits per heavy atom. The molecular formula is C21H26N2O2S. The van der Waals surface area contributed by atoms with Gasteiger partial charge in [-0.05, 0) is 49.2 Å². The molecule has 0 saturated carbocycles. The van der Waals surface area contributed by atoms with Gasteiger partial charge in [0.1, 0.15) is 5.75 Å². The fourth-order valence-electron chi connectivity index (χ4n) is 3.43. The quantitative estimate of drug-likeness (QED) is 0.759. The summed E-state index contributed by atoms with van der Waals surface area (Å²) in [7, 11) is 0. The van der Waals surface area contributed by atoms with Crippen LogP contribution in [0.15, 0.2) is 59.5 Å². The van der Waals surface area contributed by atoms with Crippen LogP contribution in [-0.2, 0) is 4.79 Å². The molecule has 2 N–H and O–H groups in total. The molecule has 0 spiro atoms. The highest BCUT2D eigenvalue weighted by molar-refractivity contribution is 8.00. The molecule has 0 bridgehead atoms. The van der Waals surface area contributed by atoms with E-state index < -0.39 is 0 Å². The molecule has 0 aliphatic carbocycles. The van der Waals surface area contributed by atoms with Crippen molar-refractivity contribution in [1.82, 2.24) is 4.90 Å². The summed E-state index contributed by atoms with van der Waals surface area (Å²) < 4.78 is 5.45. The van der Waals surface area contributed by atoms with Gasteiger partial charge in [-0.2, -0.15) is 0 Å². The number of hydrogen-bond donors (Lipinski definition) is 1. The van der Waals surface area contributed by atoms with Crippen LogP contribution >= 0.6 is 11.8 Å². The van der Waals surface area contributed by atoms with Crippen LogP contribution in [-0.4, -0.2) is 42.8 Å². The molecule has 2 aromatic rings. The Morgan fingerprint density at radius 1 is 1.15 bits per heavy atom.